The normalized spacial score (nSPS) is 11.2. The van der Waals surface area contributed by atoms with Crippen LogP contribution in [0.15, 0.2) is 29.8 Å². The molecule has 0 radical (unpaired) electrons. The van der Waals surface area contributed by atoms with E-state index in [1.54, 1.807) is 30.6 Å². The zero-order chi connectivity index (χ0) is 19.6. The van der Waals surface area contributed by atoms with Crippen LogP contribution in [0.5, 0.6) is 0 Å². The van der Waals surface area contributed by atoms with E-state index in [0.29, 0.717) is 28.6 Å². The number of rotatable bonds is 6. The third-order valence-electron chi connectivity index (χ3n) is 3.91. The first-order valence-electron chi connectivity index (χ1n) is 7.85. The Balaban J connectivity index is 1.88. The predicted octanol–water partition coefficient (Wildman–Crippen LogP) is 5.16. The number of anilines is 1. The molecule has 10 heteroatoms. The lowest BCUT2D eigenvalue weighted by Gasteiger charge is -2.09. The number of aromatic nitrogens is 3. The predicted molar refractivity (Wildman–Crippen MR) is 102 cm³/mol. The van der Waals surface area contributed by atoms with Gasteiger partial charge in [0.1, 0.15) is 0 Å². The number of nitrogens with one attached hydrogen (secondary N) is 1. The van der Waals surface area contributed by atoms with Crippen LogP contribution >= 0.6 is 34.5 Å². The zero-order valence-electron chi connectivity index (χ0n) is 14.0. The highest BCUT2D eigenvalue weighted by Gasteiger charge is 2.25. The summed E-state index contributed by atoms with van der Waals surface area (Å²) in [4.78, 5) is 16.2. The van der Waals surface area contributed by atoms with Crippen molar-refractivity contribution in [1.82, 2.24) is 14.8 Å². The molecule has 0 saturated heterocycles. The van der Waals surface area contributed by atoms with Gasteiger partial charge in [0.15, 0.2) is 10.7 Å². The maximum absolute atomic E-state index is 13.4. The van der Waals surface area contributed by atoms with Gasteiger partial charge in [-0.15, -0.1) is 11.3 Å². The van der Waals surface area contributed by atoms with E-state index in [9.17, 15) is 13.6 Å². The Morgan fingerprint density at radius 3 is 2.74 bits per heavy atom. The highest BCUT2D eigenvalue weighted by Crippen LogP contribution is 2.31. The number of alkyl halides is 2. The summed E-state index contributed by atoms with van der Waals surface area (Å²) in [5.41, 5.74) is 0.830. The molecule has 0 unspecified atom stereocenters. The largest absolute Gasteiger partial charge is 0.317 e. The molecule has 0 aliphatic rings. The molecule has 0 bridgehead atoms. The summed E-state index contributed by atoms with van der Waals surface area (Å²) in [5, 5.41) is 9.24. The van der Waals surface area contributed by atoms with Gasteiger partial charge in [0.05, 0.1) is 11.4 Å². The van der Waals surface area contributed by atoms with Gasteiger partial charge >= 0.3 is 0 Å². The van der Waals surface area contributed by atoms with Crippen molar-refractivity contribution in [3.8, 4) is 0 Å². The maximum Gasteiger partial charge on any atom is 0.284 e. The molecule has 27 heavy (non-hydrogen) atoms. The lowest BCUT2D eigenvalue weighted by Crippen LogP contribution is -2.14. The first-order valence-corrected chi connectivity index (χ1v) is 9.49. The summed E-state index contributed by atoms with van der Waals surface area (Å²) in [6.45, 7) is 0. The summed E-state index contributed by atoms with van der Waals surface area (Å²) in [5.74, 6) is -0.550. The van der Waals surface area contributed by atoms with Crippen molar-refractivity contribution in [3.05, 3.63) is 61.8 Å². The number of amides is 1. The molecule has 2 heterocycles. The van der Waals surface area contributed by atoms with E-state index >= 15 is 0 Å². The number of benzene rings is 1. The maximum atomic E-state index is 13.4. The monoisotopic (exact) mass is 430 g/mol. The minimum atomic E-state index is -2.82. The molecule has 1 amide bonds. The third-order valence-corrected chi connectivity index (χ3v) is 5.27. The van der Waals surface area contributed by atoms with Crippen LogP contribution in [0.25, 0.3) is 0 Å². The van der Waals surface area contributed by atoms with E-state index in [1.807, 2.05) is 0 Å². The van der Waals surface area contributed by atoms with E-state index in [1.165, 1.54) is 10.9 Å². The van der Waals surface area contributed by atoms with Gasteiger partial charge in [0, 0.05) is 28.7 Å². The molecule has 0 aliphatic heterocycles. The fourth-order valence-corrected chi connectivity index (χ4v) is 3.67. The SMILES string of the molecule is Cn1nc(C(F)F)c(NC(=O)c2nccs2)c1CCc1ccc(Cl)cc1Cl. The Bertz CT molecular complexity index is 960. The van der Waals surface area contributed by atoms with Gasteiger partial charge < -0.3 is 5.32 Å². The van der Waals surface area contributed by atoms with Crippen LogP contribution in [-0.2, 0) is 19.9 Å². The number of hydrogen-bond acceptors (Lipinski definition) is 4. The molecule has 0 atom stereocenters. The Hall–Kier alpha value is -2.03. The molecule has 2 aromatic heterocycles. The van der Waals surface area contributed by atoms with E-state index in [-0.39, 0.29) is 10.7 Å². The summed E-state index contributed by atoms with van der Waals surface area (Å²) in [6.07, 6.45) is -0.528. The van der Waals surface area contributed by atoms with Crippen molar-refractivity contribution < 1.29 is 13.6 Å². The molecule has 0 aliphatic carbocycles. The smallest absolute Gasteiger partial charge is 0.284 e. The van der Waals surface area contributed by atoms with Crippen LogP contribution in [0.3, 0.4) is 0 Å². The first kappa shape index (κ1) is 19.7. The second kappa shape index (κ2) is 8.33. The average molecular weight is 431 g/mol. The highest BCUT2D eigenvalue weighted by molar-refractivity contribution is 7.11. The van der Waals surface area contributed by atoms with E-state index in [4.69, 9.17) is 23.2 Å². The first-order chi connectivity index (χ1) is 12.9. The van der Waals surface area contributed by atoms with Crippen molar-refractivity contribution in [3.63, 3.8) is 0 Å². The van der Waals surface area contributed by atoms with E-state index in [2.05, 4.69) is 15.4 Å². The van der Waals surface area contributed by atoms with Crippen LogP contribution in [0.2, 0.25) is 10.0 Å². The van der Waals surface area contributed by atoms with Crippen LogP contribution in [-0.4, -0.2) is 20.7 Å². The second-order valence-corrected chi connectivity index (χ2v) is 7.40. The third kappa shape index (κ3) is 4.45. The zero-order valence-corrected chi connectivity index (χ0v) is 16.4. The van der Waals surface area contributed by atoms with Crippen molar-refractivity contribution in [2.24, 2.45) is 7.05 Å². The lowest BCUT2D eigenvalue weighted by molar-refractivity contribution is 0.102. The van der Waals surface area contributed by atoms with Crippen molar-refractivity contribution in [1.29, 1.82) is 0 Å². The molecular weight excluding hydrogens is 417 g/mol. The Kier molecular flexibility index (Phi) is 6.08. The molecule has 0 saturated carbocycles. The number of halogens is 4. The van der Waals surface area contributed by atoms with Gasteiger partial charge in [-0.3, -0.25) is 9.48 Å². The van der Waals surface area contributed by atoms with Gasteiger partial charge in [0.25, 0.3) is 12.3 Å². The fourth-order valence-electron chi connectivity index (χ4n) is 2.64. The molecule has 0 spiro atoms. The Labute approximate surface area is 167 Å². The van der Waals surface area contributed by atoms with Crippen LogP contribution in [0, 0.1) is 0 Å². The molecule has 1 aromatic carbocycles. The molecule has 5 nitrogen and oxygen atoms in total. The Morgan fingerprint density at radius 1 is 1.33 bits per heavy atom. The van der Waals surface area contributed by atoms with Gasteiger partial charge in [-0.1, -0.05) is 29.3 Å². The summed E-state index contributed by atoms with van der Waals surface area (Å²) in [6, 6.07) is 5.11. The van der Waals surface area contributed by atoms with Crippen molar-refractivity contribution in [2.75, 3.05) is 5.32 Å². The summed E-state index contributed by atoms with van der Waals surface area (Å²) in [7, 11) is 1.56. The molecule has 3 rings (SSSR count). The van der Waals surface area contributed by atoms with Crippen LogP contribution in [0.4, 0.5) is 14.5 Å². The van der Waals surface area contributed by atoms with Crippen molar-refractivity contribution >= 4 is 46.1 Å². The van der Waals surface area contributed by atoms with E-state index in [0.717, 1.165) is 16.9 Å². The summed E-state index contributed by atoms with van der Waals surface area (Å²) >= 11 is 13.2. The minimum Gasteiger partial charge on any atom is -0.317 e. The number of carbonyl (C=O) groups is 1. The molecule has 0 fully saturated rings. The van der Waals surface area contributed by atoms with Gasteiger partial charge in [-0.2, -0.15) is 5.10 Å². The summed E-state index contributed by atoms with van der Waals surface area (Å²) < 4.78 is 28.2. The number of nitrogens with zero attached hydrogens (tertiary/aromatic N) is 3. The van der Waals surface area contributed by atoms with Crippen LogP contribution in [0.1, 0.15) is 33.2 Å². The molecule has 1 N–H and O–H groups in total. The van der Waals surface area contributed by atoms with Gasteiger partial charge in [0.2, 0.25) is 0 Å². The molecule has 3 aromatic rings. The second-order valence-electron chi connectivity index (χ2n) is 5.66. The minimum absolute atomic E-state index is 0.0118. The van der Waals surface area contributed by atoms with Crippen molar-refractivity contribution in [2.45, 2.75) is 19.3 Å². The van der Waals surface area contributed by atoms with Crippen LogP contribution < -0.4 is 5.32 Å². The highest BCUT2D eigenvalue weighted by atomic mass is 35.5. The standard InChI is InChI=1S/C17H14Cl2F2N4OS/c1-25-12(5-3-9-2-4-10(18)8-11(9)19)13(14(24-25)15(20)21)23-16(26)17-22-6-7-27-17/h2,4,6-8,15H,3,5H2,1H3,(H,23,26). The molecular formula is C17H14Cl2F2N4OS. The van der Waals surface area contributed by atoms with E-state index < -0.39 is 18.0 Å². The number of carbonyl (C=O) groups excluding carboxylic acids is 1. The number of thiazole rings is 1. The lowest BCUT2D eigenvalue weighted by atomic mass is 10.1. The quantitative estimate of drug-likeness (QED) is 0.587. The fraction of sp³-hybridized carbons (Fsp3) is 0.235. The average Bonchev–Trinajstić information content (AvgIpc) is 3.23. The molecule has 142 valence electrons. The number of hydrogen-bond donors (Lipinski definition) is 1. The Morgan fingerprint density at radius 2 is 2.11 bits per heavy atom. The topological polar surface area (TPSA) is 59.8 Å². The number of aryl methyl sites for hydroxylation is 2. The van der Waals surface area contributed by atoms with Gasteiger partial charge in [-0.25, -0.2) is 13.8 Å². The van der Waals surface area contributed by atoms with Gasteiger partial charge in [-0.05, 0) is 30.5 Å².